The van der Waals surface area contributed by atoms with Crippen molar-refractivity contribution in [2.75, 3.05) is 4.90 Å². The van der Waals surface area contributed by atoms with Gasteiger partial charge in [-0.05, 0) is 134 Å². The maximum Gasteiger partial charge on any atom is 0.0544 e. The van der Waals surface area contributed by atoms with Crippen molar-refractivity contribution < 1.29 is 0 Å². The van der Waals surface area contributed by atoms with E-state index in [1.165, 1.54) is 117 Å². The van der Waals surface area contributed by atoms with E-state index < -0.39 is 0 Å². The summed E-state index contributed by atoms with van der Waals surface area (Å²) in [6.45, 7) is 19.1. The molecule has 0 bridgehead atoms. The zero-order chi connectivity index (χ0) is 37.1. The number of benzene rings is 7. The van der Waals surface area contributed by atoms with Crippen molar-refractivity contribution in [2.45, 2.75) is 71.6 Å². The standard InChI is InChI=1S/C53H45N/c1-30-31(2)37-25-43-39(34-19-12-15-23-42(34)51(43,3)4)28-48(37)54(47-24-16-13-17-32(30)47)49-29-46-50(36-21-10-9-20-35(36)49)40-27-44-38(26-45(40)53(46,7)8)33-18-11-14-22-41(33)52(44,5)6/h9-29H,1-8H3. The van der Waals surface area contributed by atoms with E-state index in [0.717, 1.165) is 0 Å². The van der Waals surface area contributed by atoms with E-state index in [1.807, 2.05) is 0 Å². The minimum atomic E-state index is -0.195. The minimum absolute atomic E-state index is 0.0563. The summed E-state index contributed by atoms with van der Waals surface area (Å²) in [5.41, 5.74) is 25.4. The van der Waals surface area contributed by atoms with Crippen LogP contribution in [0.4, 0.5) is 17.1 Å². The third-order valence-corrected chi connectivity index (χ3v) is 14.1. The Balaban J connectivity index is 1.22. The van der Waals surface area contributed by atoms with Crippen molar-refractivity contribution in [1.29, 1.82) is 0 Å². The molecule has 0 atom stereocenters. The average Bonchev–Trinajstić information content (AvgIpc) is 3.62. The van der Waals surface area contributed by atoms with E-state index in [-0.39, 0.29) is 16.2 Å². The zero-order valence-corrected chi connectivity index (χ0v) is 32.6. The number of anilines is 3. The topological polar surface area (TPSA) is 3.24 Å². The monoisotopic (exact) mass is 695 g/mol. The lowest BCUT2D eigenvalue weighted by Crippen LogP contribution is -2.18. The molecule has 1 heterocycles. The highest BCUT2D eigenvalue weighted by Crippen LogP contribution is 2.60. The van der Waals surface area contributed by atoms with Crippen LogP contribution in [-0.4, -0.2) is 0 Å². The lowest BCUT2D eigenvalue weighted by molar-refractivity contribution is 0.652. The van der Waals surface area contributed by atoms with Gasteiger partial charge in [0.05, 0.1) is 17.1 Å². The summed E-state index contributed by atoms with van der Waals surface area (Å²) in [6, 6.07) is 49.0. The smallest absolute Gasteiger partial charge is 0.0544 e. The van der Waals surface area contributed by atoms with Crippen molar-refractivity contribution >= 4 is 39.0 Å². The summed E-state index contributed by atoms with van der Waals surface area (Å²) < 4.78 is 0. The highest BCUT2D eigenvalue weighted by molar-refractivity contribution is 6.13. The van der Waals surface area contributed by atoms with Crippen LogP contribution in [0.3, 0.4) is 0 Å². The van der Waals surface area contributed by atoms with Gasteiger partial charge in [-0.2, -0.15) is 0 Å². The first-order valence-electron chi connectivity index (χ1n) is 19.6. The molecule has 0 amide bonds. The molecule has 0 saturated heterocycles. The summed E-state index contributed by atoms with van der Waals surface area (Å²) >= 11 is 0. The fourth-order valence-corrected chi connectivity index (χ4v) is 10.9. The number of para-hydroxylation sites is 1. The van der Waals surface area contributed by atoms with E-state index >= 15 is 0 Å². The molecule has 1 aliphatic heterocycles. The molecular weight excluding hydrogens is 651 g/mol. The van der Waals surface area contributed by atoms with Crippen molar-refractivity contribution in [3.63, 3.8) is 0 Å². The first kappa shape index (κ1) is 31.8. The Morgan fingerprint density at radius 2 is 0.796 bits per heavy atom. The molecule has 1 nitrogen and oxygen atoms in total. The van der Waals surface area contributed by atoms with Gasteiger partial charge in [0, 0.05) is 32.8 Å². The van der Waals surface area contributed by atoms with E-state index in [4.69, 9.17) is 0 Å². The fourth-order valence-electron chi connectivity index (χ4n) is 10.9. The highest BCUT2D eigenvalue weighted by atomic mass is 15.2. The van der Waals surface area contributed by atoms with Gasteiger partial charge in [0.25, 0.3) is 0 Å². The SMILES string of the molecule is CC1=C(C)c2cc3c(cc2N(c2cc4c(c5ccccc25)-c2cc5c(cc2C4(C)C)-c2ccccc2C5(C)C)c2ccccc21)-c1ccccc1C3(C)C. The number of rotatable bonds is 1. The average molecular weight is 696 g/mol. The van der Waals surface area contributed by atoms with E-state index in [1.54, 1.807) is 0 Å². The van der Waals surface area contributed by atoms with Gasteiger partial charge in [-0.3, -0.25) is 0 Å². The lowest BCUT2D eigenvalue weighted by Gasteiger charge is -2.32. The predicted molar refractivity (Wildman–Crippen MR) is 229 cm³/mol. The van der Waals surface area contributed by atoms with E-state index in [0.29, 0.717) is 0 Å². The van der Waals surface area contributed by atoms with Gasteiger partial charge >= 0.3 is 0 Å². The second kappa shape index (κ2) is 10.3. The molecule has 11 rings (SSSR count). The first-order valence-corrected chi connectivity index (χ1v) is 19.6. The second-order valence-electron chi connectivity index (χ2n) is 17.8. The summed E-state index contributed by atoms with van der Waals surface area (Å²) in [5, 5.41) is 2.60. The third kappa shape index (κ3) is 3.80. The van der Waals surface area contributed by atoms with Crippen LogP contribution in [0.15, 0.2) is 127 Å². The van der Waals surface area contributed by atoms with Crippen molar-refractivity contribution in [2.24, 2.45) is 0 Å². The molecule has 0 saturated carbocycles. The Morgan fingerprint density at radius 1 is 0.333 bits per heavy atom. The maximum atomic E-state index is 2.61. The van der Waals surface area contributed by atoms with Gasteiger partial charge < -0.3 is 4.90 Å². The van der Waals surface area contributed by atoms with Crippen LogP contribution in [-0.2, 0) is 16.2 Å². The molecule has 4 aliphatic rings. The van der Waals surface area contributed by atoms with Crippen LogP contribution < -0.4 is 4.90 Å². The van der Waals surface area contributed by atoms with Gasteiger partial charge in [0.1, 0.15) is 0 Å². The molecule has 0 radical (unpaired) electrons. The second-order valence-corrected chi connectivity index (χ2v) is 17.8. The number of hydrogen-bond donors (Lipinski definition) is 0. The van der Waals surface area contributed by atoms with E-state index in [2.05, 4.69) is 188 Å². The van der Waals surface area contributed by atoms with Crippen LogP contribution in [0.2, 0.25) is 0 Å². The summed E-state index contributed by atoms with van der Waals surface area (Å²) in [5.74, 6) is 0. The largest absolute Gasteiger partial charge is 0.309 e. The summed E-state index contributed by atoms with van der Waals surface area (Å²) in [4.78, 5) is 2.61. The summed E-state index contributed by atoms with van der Waals surface area (Å²) in [6.07, 6.45) is 0. The molecule has 7 aromatic rings. The number of fused-ring (bicyclic) bond motifs is 13. The Bertz CT molecular complexity index is 2870. The Labute approximate surface area is 319 Å². The maximum absolute atomic E-state index is 2.61. The van der Waals surface area contributed by atoms with Crippen LogP contribution in [0.1, 0.15) is 99.9 Å². The first-order chi connectivity index (χ1) is 25.9. The normalized spacial score (nSPS) is 17.2. The molecule has 0 fully saturated rings. The minimum Gasteiger partial charge on any atom is -0.309 e. The number of hydrogen-bond acceptors (Lipinski definition) is 1. The van der Waals surface area contributed by atoms with Gasteiger partial charge in [0.2, 0.25) is 0 Å². The fraction of sp³-hybridized carbons (Fsp3) is 0.208. The molecule has 3 aliphatic carbocycles. The van der Waals surface area contributed by atoms with Crippen LogP contribution in [0.25, 0.3) is 55.3 Å². The van der Waals surface area contributed by atoms with Crippen LogP contribution >= 0.6 is 0 Å². The molecule has 0 unspecified atom stereocenters. The molecule has 262 valence electrons. The molecule has 0 spiro atoms. The summed E-state index contributed by atoms with van der Waals surface area (Å²) in [7, 11) is 0. The Morgan fingerprint density at radius 3 is 1.46 bits per heavy atom. The molecule has 7 aromatic carbocycles. The third-order valence-electron chi connectivity index (χ3n) is 14.1. The molecule has 54 heavy (non-hydrogen) atoms. The predicted octanol–water partition coefficient (Wildman–Crippen LogP) is 14.5. The van der Waals surface area contributed by atoms with Crippen molar-refractivity contribution in [3.8, 4) is 33.4 Å². The zero-order valence-electron chi connectivity index (χ0n) is 32.6. The number of allylic oxidation sites excluding steroid dienone is 2. The van der Waals surface area contributed by atoms with Gasteiger partial charge in [-0.25, -0.2) is 0 Å². The van der Waals surface area contributed by atoms with E-state index in [9.17, 15) is 0 Å². The van der Waals surface area contributed by atoms with Gasteiger partial charge in [-0.1, -0.05) is 133 Å². The molecule has 0 aromatic heterocycles. The quantitative estimate of drug-likeness (QED) is 0.165. The molecule has 1 heteroatoms. The number of nitrogens with zero attached hydrogens (tertiary/aromatic N) is 1. The van der Waals surface area contributed by atoms with Gasteiger partial charge in [-0.15, -0.1) is 0 Å². The highest BCUT2D eigenvalue weighted by Gasteiger charge is 2.44. The lowest BCUT2D eigenvalue weighted by atomic mass is 9.79. The van der Waals surface area contributed by atoms with Gasteiger partial charge in [0.15, 0.2) is 0 Å². The molecule has 0 N–H and O–H groups in total. The Kier molecular flexibility index (Phi) is 6.07. The van der Waals surface area contributed by atoms with Crippen LogP contribution in [0.5, 0.6) is 0 Å². The molecular formula is C53H45N. The Hall–Kier alpha value is -5.66. The van der Waals surface area contributed by atoms with Crippen LogP contribution in [0, 0.1) is 0 Å². The van der Waals surface area contributed by atoms with Crippen molar-refractivity contribution in [3.05, 3.63) is 172 Å². The van der Waals surface area contributed by atoms with Crippen molar-refractivity contribution in [1.82, 2.24) is 0 Å².